The van der Waals surface area contributed by atoms with E-state index in [0.29, 0.717) is 188 Å². The van der Waals surface area contributed by atoms with Crippen LogP contribution in [0.4, 0.5) is 11.4 Å². The molecule has 0 spiro atoms. The van der Waals surface area contributed by atoms with E-state index in [9.17, 15) is 40.3 Å². The molecule has 110 heavy (non-hydrogen) atoms. The number of aromatic nitrogens is 3. The van der Waals surface area contributed by atoms with Crippen LogP contribution in [0.3, 0.4) is 0 Å². The highest BCUT2D eigenvalue weighted by Crippen LogP contribution is 2.51. The number of halogens is 1. The monoisotopic (exact) mass is 1590 g/mol. The lowest BCUT2D eigenvalue weighted by Crippen LogP contribution is -2.29. The van der Waals surface area contributed by atoms with E-state index in [1.165, 1.54) is 17.7 Å². The third-order valence-corrected chi connectivity index (χ3v) is 20.6. The van der Waals surface area contributed by atoms with Crippen molar-refractivity contribution in [2.75, 3.05) is 156 Å². The van der Waals surface area contributed by atoms with Gasteiger partial charge in [-0.3, -0.25) is 23.5 Å². The molecule has 7 rings (SSSR count). The number of ether oxygens (including phenoxy) is 10. The van der Waals surface area contributed by atoms with Crippen LogP contribution in [-0.2, 0) is 116 Å². The van der Waals surface area contributed by atoms with E-state index < -0.39 is 31.1 Å². The van der Waals surface area contributed by atoms with E-state index in [0.717, 1.165) is 89.3 Å². The molecule has 0 aliphatic carbocycles. The Hall–Kier alpha value is -7.33. The topological polar surface area (TPSA) is 325 Å². The third-order valence-electron chi connectivity index (χ3n) is 18.7. The first-order valence-corrected chi connectivity index (χ1v) is 41.5. The number of rotatable bonds is 57. The van der Waals surface area contributed by atoms with Crippen molar-refractivity contribution in [2.45, 2.75) is 146 Å². The number of unbranched alkanes of at least 4 members (excludes halogenated alkanes) is 2. The highest BCUT2D eigenvalue weighted by Gasteiger charge is 2.45. The van der Waals surface area contributed by atoms with Crippen LogP contribution in [0.2, 0.25) is 0 Å². The Morgan fingerprint density at radius 1 is 0.591 bits per heavy atom. The lowest BCUT2D eigenvalue weighted by molar-refractivity contribution is -0.437. The van der Waals surface area contributed by atoms with Gasteiger partial charge in [0.2, 0.25) is 17.5 Å². The van der Waals surface area contributed by atoms with Gasteiger partial charge in [0.15, 0.2) is 5.71 Å². The van der Waals surface area contributed by atoms with Gasteiger partial charge in [-0.1, -0.05) is 74.4 Å². The summed E-state index contributed by atoms with van der Waals surface area (Å²) >= 11 is 5.83. The van der Waals surface area contributed by atoms with Crippen LogP contribution < -0.4 is 25.6 Å². The SMILES string of the molecule is CCCN1/C(=C/C=C/C=C/C2=[N+](CCC)c3ccc(S(=O)(=O)O)cc3C2(C)C)C(C)(CCCCCC(=O)NCCOCCOCCOCCOCCOCCOCc2cn(CCOCCOCCC(=O)NCc3ccc(C(=O)NCCOCCc4ccc(CCCCl)cc4OC)cc3)nn2)c2cc(S(=O)(=O)O)ccc21. The van der Waals surface area contributed by atoms with Crippen molar-refractivity contribution in [2.24, 2.45) is 0 Å². The van der Waals surface area contributed by atoms with Crippen LogP contribution in [-0.4, -0.2) is 220 Å². The number of allylic oxidation sites excluding steroid dienone is 6. The molecule has 0 fully saturated rings. The number of alkyl halides is 1. The van der Waals surface area contributed by atoms with Gasteiger partial charge in [0.1, 0.15) is 18.0 Å². The molecule has 3 amide bonds. The van der Waals surface area contributed by atoms with Crippen LogP contribution in [0.25, 0.3) is 0 Å². The molecule has 5 aromatic rings. The molecular formula is C80H114ClN8O19S2+. The van der Waals surface area contributed by atoms with E-state index in [1.807, 2.05) is 56.4 Å². The van der Waals surface area contributed by atoms with Crippen LogP contribution in [0, 0.1) is 0 Å². The third kappa shape index (κ3) is 29.6. The number of methoxy groups -OCH3 is 1. The van der Waals surface area contributed by atoms with E-state index in [-0.39, 0.29) is 47.1 Å². The summed E-state index contributed by atoms with van der Waals surface area (Å²) in [6.45, 7) is 20.2. The summed E-state index contributed by atoms with van der Waals surface area (Å²) in [5, 5.41) is 17.0. The zero-order valence-electron chi connectivity index (χ0n) is 64.7. The number of carbonyl (C=O) groups is 3. The van der Waals surface area contributed by atoms with Crippen LogP contribution >= 0.6 is 11.6 Å². The van der Waals surface area contributed by atoms with Gasteiger partial charge in [0.25, 0.3) is 26.1 Å². The molecule has 30 heteroatoms. The van der Waals surface area contributed by atoms with Gasteiger partial charge in [0.05, 0.1) is 154 Å². The Bertz CT molecular complexity index is 4040. The Kier molecular flexibility index (Phi) is 39.1. The Labute approximate surface area is 654 Å². The summed E-state index contributed by atoms with van der Waals surface area (Å²) in [6, 6.07) is 22.8. The van der Waals surface area contributed by atoms with Gasteiger partial charge >= 0.3 is 0 Å². The number of benzene rings is 4. The van der Waals surface area contributed by atoms with Crippen LogP contribution in [0.5, 0.6) is 5.75 Å². The quantitative estimate of drug-likeness (QED) is 0.00794. The molecule has 1 aromatic heterocycles. The molecule has 3 heterocycles. The van der Waals surface area contributed by atoms with Crippen molar-refractivity contribution in [1.82, 2.24) is 30.9 Å². The van der Waals surface area contributed by atoms with Gasteiger partial charge in [0, 0.05) is 91.4 Å². The van der Waals surface area contributed by atoms with E-state index in [1.54, 1.807) is 54.4 Å². The molecule has 0 bridgehead atoms. The fraction of sp³-hybridized carbons (Fsp3) is 0.550. The normalized spacial score (nSPS) is 15.2. The highest BCUT2D eigenvalue weighted by atomic mass is 35.5. The number of carbonyl (C=O) groups excluding carboxylic acids is 3. The number of aryl methyl sites for hydroxylation is 1. The molecule has 2 aliphatic rings. The highest BCUT2D eigenvalue weighted by molar-refractivity contribution is 7.86. The molecule has 4 aromatic carbocycles. The predicted octanol–water partition coefficient (Wildman–Crippen LogP) is 10.0. The minimum absolute atomic E-state index is 0.0702. The number of fused-ring (bicyclic) bond motifs is 2. The molecular weight excluding hydrogens is 1480 g/mol. The summed E-state index contributed by atoms with van der Waals surface area (Å²) in [7, 11) is -7.20. The summed E-state index contributed by atoms with van der Waals surface area (Å²) in [6.07, 6.45) is 19.3. The van der Waals surface area contributed by atoms with Crippen molar-refractivity contribution in [1.29, 1.82) is 0 Å². The second kappa shape index (κ2) is 47.9. The minimum Gasteiger partial charge on any atom is -0.496 e. The lowest BCUT2D eigenvalue weighted by atomic mass is 9.77. The summed E-state index contributed by atoms with van der Waals surface area (Å²) in [4.78, 5) is 39.8. The van der Waals surface area contributed by atoms with Gasteiger partial charge in [-0.15, -0.1) is 16.7 Å². The molecule has 0 saturated carbocycles. The number of hydrogen-bond donors (Lipinski definition) is 5. The van der Waals surface area contributed by atoms with Crippen LogP contribution in [0.1, 0.15) is 136 Å². The average molecular weight is 1590 g/mol. The van der Waals surface area contributed by atoms with Crippen molar-refractivity contribution in [3.05, 3.63) is 160 Å². The molecule has 27 nitrogen and oxygen atoms in total. The van der Waals surface area contributed by atoms with Crippen molar-refractivity contribution >= 4 is 66.6 Å². The first-order valence-electron chi connectivity index (χ1n) is 38.0. The van der Waals surface area contributed by atoms with Crippen molar-refractivity contribution in [3.8, 4) is 5.75 Å². The number of anilines is 1. The number of nitrogens with one attached hydrogen (secondary N) is 3. The Morgan fingerprint density at radius 2 is 1.19 bits per heavy atom. The van der Waals surface area contributed by atoms with E-state index >= 15 is 0 Å². The molecule has 5 N–H and O–H groups in total. The van der Waals surface area contributed by atoms with Crippen molar-refractivity contribution in [3.63, 3.8) is 0 Å². The maximum Gasteiger partial charge on any atom is 0.294 e. The number of nitrogens with zero attached hydrogens (tertiary/aromatic N) is 5. The zero-order valence-corrected chi connectivity index (χ0v) is 67.1. The number of hydrogen-bond acceptors (Lipinski definition) is 20. The zero-order chi connectivity index (χ0) is 79.0. The summed E-state index contributed by atoms with van der Waals surface area (Å²) in [5.74, 6) is 1.05. The van der Waals surface area contributed by atoms with Gasteiger partial charge in [-0.2, -0.15) is 21.4 Å². The van der Waals surface area contributed by atoms with Gasteiger partial charge in [-0.25, -0.2) is 4.68 Å². The Morgan fingerprint density at radius 3 is 1.84 bits per heavy atom. The minimum atomic E-state index is -4.48. The van der Waals surface area contributed by atoms with Crippen molar-refractivity contribution < 1.29 is 92.3 Å². The lowest BCUT2D eigenvalue weighted by Gasteiger charge is -2.30. The molecule has 0 radical (unpaired) electrons. The average Bonchev–Trinajstić information content (AvgIpc) is 1.58. The molecule has 1 atom stereocenters. The van der Waals surface area contributed by atoms with E-state index in [2.05, 4.69) is 74.7 Å². The maximum atomic E-state index is 12.8. The molecule has 1 unspecified atom stereocenters. The maximum absolute atomic E-state index is 12.8. The van der Waals surface area contributed by atoms with Crippen LogP contribution in [0.15, 0.2) is 131 Å². The fourth-order valence-electron chi connectivity index (χ4n) is 12.9. The predicted molar refractivity (Wildman–Crippen MR) is 420 cm³/mol. The second-order valence-electron chi connectivity index (χ2n) is 27.3. The summed E-state index contributed by atoms with van der Waals surface area (Å²) in [5.41, 5.74) is 8.51. The first-order chi connectivity index (χ1) is 53.1. The van der Waals surface area contributed by atoms with Gasteiger partial charge in [-0.05, 0) is 136 Å². The summed E-state index contributed by atoms with van der Waals surface area (Å²) < 4.78 is 129. The van der Waals surface area contributed by atoms with E-state index in [4.69, 9.17) is 59.0 Å². The van der Waals surface area contributed by atoms with Gasteiger partial charge < -0.3 is 68.2 Å². The fourth-order valence-corrected chi connectivity index (χ4v) is 14.0. The largest absolute Gasteiger partial charge is 0.496 e. The standard InChI is InChI=1S/C80H113ClN8O19S2/c1-7-36-88-71-28-26-67(109(93,94)95)57-69(71)79(3,4)74(88)17-11-9-12-18-75-80(5,70-58-68(110(96,97)98)27-29-72(70)89(75)37-8-2)32-14-10-13-19-76(90)82-34-41-102-45-47-104-48-49-105-50-51-106-52-53-107-54-55-108-61-66-60-87(86-85-66)38-43-103-46-44-101-40-31-77(91)84-59-63-21-24-65(25-22-63)78(92)83-35-42-100-39-30-64-23-20-62(16-15-33-81)56-73(64)99-6/h9,11-12,17-18,20-29,56-58,60H,7-8,10,13-16,19,30-55,59,61H2,1-6H3,(H4-,82,83,84,90,91,92,93,94,95,96,97,98)/p+1. The molecule has 0 saturated heterocycles. The first kappa shape index (κ1) is 89.9. The Balaban J connectivity index is 0.632. The number of amides is 3. The second-order valence-corrected chi connectivity index (χ2v) is 30.5. The molecule has 2 aliphatic heterocycles. The smallest absolute Gasteiger partial charge is 0.294 e. The molecule has 606 valence electrons.